The third kappa shape index (κ3) is 31.3. The van der Waals surface area contributed by atoms with Gasteiger partial charge in [-0.15, -0.1) is 0 Å². The number of hydrogen-bond acceptors (Lipinski definition) is 6. The second-order valence-electron chi connectivity index (χ2n) is 13.6. The smallest absolute Gasteiger partial charge is 0.268 e. The lowest BCUT2D eigenvalue weighted by molar-refractivity contribution is -0.870. The number of quaternary nitrogens is 1. The SMILES string of the molecule is CCCC/C=C\CCCCCCC(=O)NC(COP(=O)([O-])OCC[N+](C)(C)C)C(O)/C=C/CC/C=C/CCCCCCCCCC. The number of aliphatic hydroxyl groups excluding tert-OH is 1. The summed E-state index contributed by atoms with van der Waals surface area (Å²) in [6.45, 7) is 4.53. The third-order valence-electron chi connectivity index (χ3n) is 7.82. The number of phosphoric acid groups is 1. The lowest BCUT2D eigenvalue weighted by Gasteiger charge is -2.29. The van der Waals surface area contributed by atoms with Crippen molar-refractivity contribution in [3.05, 3.63) is 36.5 Å². The van der Waals surface area contributed by atoms with Crippen molar-refractivity contribution in [1.82, 2.24) is 5.32 Å². The number of carbonyl (C=O) groups excluding carboxylic acids is 1. The molecule has 2 N–H and O–H groups in total. The van der Waals surface area contributed by atoms with Gasteiger partial charge in [-0.3, -0.25) is 9.36 Å². The predicted octanol–water partition coefficient (Wildman–Crippen LogP) is 8.55. The highest BCUT2D eigenvalue weighted by molar-refractivity contribution is 7.45. The van der Waals surface area contributed by atoms with E-state index in [0.29, 0.717) is 17.4 Å². The first-order valence-electron chi connectivity index (χ1n) is 18.4. The van der Waals surface area contributed by atoms with Crippen LogP contribution in [0.3, 0.4) is 0 Å². The zero-order chi connectivity index (χ0) is 34.4. The minimum absolute atomic E-state index is 0.00907. The first-order chi connectivity index (χ1) is 22.0. The van der Waals surface area contributed by atoms with Crippen LogP contribution >= 0.6 is 7.82 Å². The molecule has 8 nitrogen and oxygen atoms in total. The Morgan fingerprint density at radius 1 is 0.739 bits per heavy atom. The number of rotatable bonds is 32. The normalized spacial score (nSPS) is 15.2. The van der Waals surface area contributed by atoms with Crippen molar-refractivity contribution in [2.24, 2.45) is 0 Å². The maximum absolute atomic E-state index is 12.7. The highest BCUT2D eigenvalue weighted by Gasteiger charge is 2.23. The van der Waals surface area contributed by atoms with Crippen molar-refractivity contribution >= 4 is 13.7 Å². The fourth-order valence-corrected chi connectivity index (χ4v) is 5.52. The Labute approximate surface area is 283 Å². The van der Waals surface area contributed by atoms with Crippen molar-refractivity contribution in [3.8, 4) is 0 Å². The van der Waals surface area contributed by atoms with Gasteiger partial charge in [0.25, 0.3) is 7.82 Å². The predicted molar refractivity (Wildman–Crippen MR) is 191 cm³/mol. The number of phosphoric ester groups is 1. The van der Waals surface area contributed by atoms with Gasteiger partial charge in [0.2, 0.25) is 5.91 Å². The first-order valence-corrected chi connectivity index (χ1v) is 19.8. The quantitative estimate of drug-likeness (QED) is 0.0321. The molecule has 0 heterocycles. The van der Waals surface area contributed by atoms with E-state index in [1.807, 2.05) is 27.2 Å². The lowest BCUT2D eigenvalue weighted by atomic mass is 10.1. The van der Waals surface area contributed by atoms with Crippen LogP contribution in [0.15, 0.2) is 36.5 Å². The Morgan fingerprint density at radius 3 is 1.83 bits per heavy atom. The topological polar surface area (TPSA) is 108 Å². The van der Waals surface area contributed by atoms with E-state index >= 15 is 0 Å². The van der Waals surface area contributed by atoms with Crippen LogP contribution in [0.5, 0.6) is 0 Å². The Bertz CT molecular complexity index is 855. The summed E-state index contributed by atoms with van der Waals surface area (Å²) in [5.41, 5.74) is 0. The molecule has 46 heavy (non-hydrogen) atoms. The first kappa shape index (κ1) is 44.7. The van der Waals surface area contributed by atoms with E-state index in [1.165, 1.54) is 64.2 Å². The van der Waals surface area contributed by atoms with Crippen molar-refractivity contribution in [2.45, 2.75) is 154 Å². The molecule has 0 bridgehead atoms. The van der Waals surface area contributed by atoms with Gasteiger partial charge in [-0.1, -0.05) is 121 Å². The molecule has 0 aromatic carbocycles. The van der Waals surface area contributed by atoms with E-state index in [-0.39, 0.29) is 12.5 Å². The van der Waals surface area contributed by atoms with Crippen molar-refractivity contribution in [1.29, 1.82) is 0 Å². The number of allylic oxidation sites excluding steroid dienone is 5. The molecule has 0 rings (SSSR count). The maximum atomic E-state index is 12.7. The Hall–Kier alpha value is -1.28. The molecular weight excluding hydrogens is 599 g/mol. The molecule has 1 amide bonds. The van der Waals surface area contributed by atoms with Gasteiger partial charge >= 0.3 is 0 Å². The Balaban J connectivity index is 4.65. The molecule has 0 aromatic rings. The number of hydrogen-bond donors (Lipinski definition) is 2. The van der Waals surface area contributed by atoms with Gasteiger partial charge in [-0.2, -0.15) is 0 Å². The molecule has 0 aliphatic rings. The van der Waals surface area contributed by atoms with Crippen molar-refractivity contribution < 1.29 is 32.9 Å². The van der Waals surface area contributed by atoms with Gasteiger partial charge < -0.3 is 28.8 Å². The average Bonchev–Trinajstić information content (AvgIpc) is 2.99. The number of amides is 1. The Kier molecular flexibility index (Phi) is 29.0. The third-order valence-corrected chi connectivity index (χ3v) is 8.79. The van der Waals surface area contributed by atoms with Crippen molar-refractivity contribution in [2.75, 3.05) is 40.9 Å². The summed E-state index contributed by atoms with van der Waals surface area (Å²) in [7, 11) is 1.23. The maximum Gasteiger partial charge on any atom is 0.268 e. The summed E-state index contributed by atoms with van der Waals surface area (Å²) in [6, 6.07) is -0.904. The average molecular weight is 671 g/mol. The summed E-state index contributed by atoms with van der Waals surface area (Å²) >= 11 is 0. The standard InChI is InChI=1S/C37H71N2O6P/c1-6-8-10-12-14-16-18-19-20-21-22-24-26-28-30-36(40)35(34-45-46(42,43)44-33-32-39(3,4)5)38-37(41)31-29-27-25-23-17-15-13-11-9-7-2/h13,15,21-22,28,30,35-36,40H,6-12,14,16-20,23-27,29,31-34H2,1-5H3,(H-,38,41,42,43)/b15-13-,22-21+,30-28+. The molecule has 3 atom stereocenters. The van der Waals surface area contributed by atoms with Crippen LogP contribution in [-0.4, -0.2) is 68.5 Å². The lowest BCUT2D eigenvalue weighted by Crippen LogP contribution is -2.45. The van der Waals surface area contributed by atoms with Crippen LogP contribution in [0.2, 0.25) is 0 Å². The number of likely N-dealkylation sites (N-methyl/N-ethyl adjacent to an activating group) is 1. The largest absolute Gasteiger partial charge is 0.756 e. The fraction of sp³-hybridized carbons (Fsp3) is 0.811. The van der Waals surface area contributed by atoms with E-state index in [4.69, 9.17) is 9.05 Å². The highest BCUT2D eigenvalue weighted by Crippen LogP contribution is 2.38. The zero-order valence-corrected chi connectivity index (χ0v) is 31.2. The minimum Gasteiger partial charge on any atom is -0.756 e. The number of carbonyl (C=O) groups is 1. The molecule has 0 aromatic heterocycles. The molecule has 270 valence electrons. The molecule has 0 spiro atoms. The van der Waals surface area contributed by atoms with Crippen LogP contribution in [-0.2, 0) is 18.4 Å². The van der Waals surface area contributed by atoms with E-state index in [1.54, 1.807) is 6.08 Å². The van der Waals surface area contributed by atoms with Crippen LogP contribution in [0.4, 0.5) is 0 Å². The molecule has 0 saturated heterocycles. The van der Waals surface area contributed by atoms with Crippen LogP contribution in [0, 0.1) is 0 Å². The number of nitrogens with one attached hydrogen (secondary N) is 1. The number of nitrogens with zero attached hydrogens (tertiary/aromatic N) is 1. The molecule has 9 heteroatoms. The summed E-state index contributed by atoms with van der Waals surface area (Å²) in [5.74, 6) is -0.226. The molecule has 3 unspecified atom stereocenters. The molecular formula is C37H71N2O6P. The van der Waals surface area contributed by atoms with E-state index in [0.717, 1.165) is 57.8 Å². The van der Waals surface area contributed by atoms with E-state index in [9.17, 15) is 19.4 Å². The summed E-state index contributed by atoms with van der Waals surface area (Å²) in [5, 5.41) is 13.6. The summed E-state index contributed by atoms with van der Waals surface area (Å²) < 4.78 is 23.0. The van der Waals surface area contributed by atoms with Gasteiger partial charge in [0.15, 0.2) is 0 Å². The molecule has 0 aliphatic carbocycles. The number of aliphatic hydroxyl groups is 1. The zero-order valence-electron chi connectivity index (χ0n) is 30.3. The second kappa shape index (κ2) is 29.8. The second-order valence-corrected chi connectivity index (χ2v) is 15.0. The fourth-order valence-electron chi connectivity index (χ4n) is 4.79. The summed E-state index contributed by atoms with van der Waals surface area (Å²) in [4.78, 5) is 25.0. The highest BCUT2D eigenvalue weighted by atomic mass is 31.2. The van der Waals surface area contributed by atoms with Crippen LogP contribution < -0.4 is 10.2 Å². The van der Waals surface area contributed by atoms with Gasteiger partial charge in [0.1, 0.15) is 13.2 Å². The van der Waals surface area contributed by atoms with Gasteiger partial charge in [-0.05, 0) is 51.4 Å². The van der Waals surface area contributed by atoms with Crippen LogP contribution in [0.1, 0.15) is 142 Å². The Morgan fingerprint density at radius 2 is 1.24 bits per heavy atom. The number of unbranched alkanes of at least 4 members (excludes halogenated alkanes) is 15. The van der Waals surface area contributed by atoms with Gasteiger partial charge in [0, 0.05) is 6.42 Å². The summed E-state index contributed by atoms with van der Waals surface area (Å²) in [6.07, 6.45) is 33.3. The monoisotopic (exact) mass is 671 g/mol. The van der Waals surface area contributed by atoms with Crippen molar-refractivity contribution in [3.63, 3.8) is 0 Å². The van der Waals surface area contributed by atoms with E-state index in [2.05, 4.69) is 43.5 Å². The van der Waals surface area contributed by atoms with E-state index < -0.39 is 26.6 Å². The molecule has 0 saturated carbocycles. The van der Waals surface area contributed by atoms with Gasteiger partial charge in [0.05, 0.1) is 39.9 Å². The minimum atomic E-state index is -4.58. The van der Waals surface area contributed by atoms with Gasteiger partial charge in [-0.25, -0.2) is 0 Å². The molecule has 0 fully saturated rings. The molecule has 0 aliphatic heterocycles. The molecule has 0 radical (unpaired) electrons. The van der Waals surface area contributed by atoms with Crippen LogP contribution in [0.25, 0.3) is 0 Å².